The van der Waals surface area contributed by atoms with Gasteiger partial charge in [0.1, 0.15) is 11.9 Å². The molecule has 1 heterocycles. The average Bonchev–Trinajstić information content (AvgIpc) is 3.03. The lowest BCUT2D eigenvalue weighted by molar-refractivity contribution is -0.139. The van der Waals surface area contributed by atoms with Crippen molar-refractivity contribution in [1.29, 1.82) is 0 Å². The number of hydrogen-bond acceptors (Lipinski definition) is 3. The number of aromatic nitrogens is 2. The number of rotatable bonds is 5. The first-order valence-electron chi connectivity index (χ1n) is 7.24. The van der Waals surface area contributed by atoms with E-state index in [1.807, 2.05) is 0 Å². The molecule has 0 aliphatic carbocycles. The van der Waals surface area contributed by atoms with Gasteiger partial charge >= 0.3 is 5.97 Å². The normalized spacial score (nSPS) is 12.0. The smallest absolute Gasteiger partial charge is 0.326 e. The van der Waals surface area contributed by atoms with Crippen molar-refractivity contribution in [3.8, 4) is 0 Å². The second-order valence-corrected chi connectivity index (χ2v) is 5.37. The molecule has 0 bridgehead atoms. The fourth-order valence-electron chi connectivity index (χ4n) is 2.38. The molecular weight excluding hydrogens is 313 g/mol. The van der Waals surface area contributed by atoms with Crippen molar-refractivity contribution in [2.45, 2.75) is 12.5 Å². The summed E-state index contributed by atoms with van der Waals surface area (Å²) in [6, 6.07) is 9.31. The summed E-state index contributed by atoms with van der Waals surface area (Å²) >= 11 is 0. The number of fused-ring (bicyclic) bond motifs is 1. The van der Waals surface area contributed by atoms with E-state index in [1.54, 1.807) is 24.4 Å². The maximum absolute atomic E-state index is 12.9. The molecule has 7 heteroatoms. The monoisotopic (exact) mass is 327 g/mol. The Labute approximate surface area is 136 Å². The molecule has 1 aromatic heterocycles. The van der Waals surface area contributed by atoms with Crippen molar-refractivity contribution in [2.75, 3.05) is 0 Å². The fourth-order valence-corrected chi connectivity index (χ4v) is 2.38. The molecule has 0 aliphatic rings. The minimum atomic E-state index is -1.16. The summed E-state index contributed by atoms with van der Waals surface area (Å²) in [5, 5.41) is 19.2. The van der Waals surface area contributed by atoms with Crippen molar-refractivity contribution in [3.05, 3.63) is 65.6 Å². The van der Waals surface area contributed by atoms with Crippen LogP contribution in [0.15, 0.2) is 48.7 Å². The van der Waals surface area contributed by atoms with Gasteiger partial charge in [-0.25, -0.2) is 9.18 Å². The quantitative estimate of drug-likeness (QED) is 0.669. The number of halogens is 1. The largest absolute Gasteiger partial charge is 0.480 e. The number of H-pyrrole nitrogens is 1. The lowest BCUT2D eigenvalue weighted by atomic mass is 10.1. The van der Waals surface area contributed by atoms with Gasteiger partial charge in [-0.05, 0) is 35.9 Å². The molecule has 0 saturated heterocycles. The molecule has 1 amide bonds. The van der Waals surface area contributed by atoms with Crippen LogP contribution in [-0.2, 0) is 11.2 Å². The molecule has 3 aromatic rings. The van der Waals surface area contributed by atoms with Gasteiger partial charge in [-0.3, -0.25) is 9.89 Å². The fraction of sp³-hybridized carbons (Fsp3) is 0.118. The average molecular weight is 327 g/mol. The van der Waals surface area contributed by atoms with Crippen molar-refractivity contribution in [2.24, 2.45) is 0 Å². The Hall–Kier alpha value is -3.22. The molecule has 3 rings (SSSR count). The zero-order valence-corrected chi connectivity index (χ0v) is 12.5. The van der Waals surface area contributed by atoms with Crippen LogP contribution >= 0.6 is 0 Å². The summed E-state index contributed by atoms with van der Waals surface area (Å²) in [5.41, 5.74) is 1.75. The zero-order valence-electron chi connectivity index (χ0n) is 12.5. The molecule has 1 atom stereocenters. The van der Waals surface area contributed by atoms with Gasteiger partial charge in [0.25, 0.3) is 5.91 Å². The van der Waals surface area contributed by atoms with E-state index >= 15 is 0 Å². The van der Waals surface area contributed by atoms with Crippen molar-refractivity contribution < 1.29 is 19.1 Å². The van der Waals surface area contributed by atoms with E-state index in [0.717, 1.165) is 10.9 Å². The van der Waals surface area contributed by atoms with Gasteiger partial charge in [-0.1, -0.05) is 12.1 Å². The SMILES string of the molecule is O=C(N[C@@H](Cc1ccc(F)cc1)C(=O)O)c1ccc2[nH]ncc2c1. The van der Waals surface area contributed by atoms with Gasteiger partial charge in [0.15, 0.2) is 0 Å². The van der Waals surface area contributed by atoms with E-state index in [1.165, 1.54) is 24.3 Å². The van der Waals surface area contributed by atoms with Crippen LogP contribution in [0, 0.1) is 5.82 Å². The van der Waals surface area contributed by atoms with Gasteiger partial charge in [-0.2, -0.15) is 5.10 Å². The highest BCUT2D eigenvalue weighted by molar-refractivity contribution is 5.99. The topological polar surface area (TPSA) is 95.1 Å². The van der Waals surface area contributed by atoms with Gasteiger partial charge in [0.2, 0.25) is 0 Å². The second-order valence-electron chi connectivity index (χ2n) is 5.37. The summed E-state index contributed by atoms with van der Waals surface area (Å²) < 4.78 is 12.9. The molecule has 0 fully saturated rings. The molecule has 0 spiro atoms. The molecule has 0 radical (unpaired) electrons. The van der Waals surface area contributed by atoms with Crippen molar-refractivity contribution in [3.63, 3.8) is 0 Å². The lowest BCUT2D eigenvalue weighted by Gasteiger charge is -2.15. The van der Waals surface area contributed by atoms with Crippen LogP contribution in [0.5, 0.6) is 0 Å². The van der Waals surface area contributed by atoms with Crippen LogP contribution in [0.2, 0.25) is 0 Å². The highest BCUT2D eigenvalue weighted by Gasteiger charge is 2.21. The minimum absolute atomic E-state index is 0.0648. The summed E-state index contributed by atoms with van der Waals surface area (Å²) in [5.74, 6) is -2.05. The van der Waals surface area contributed by atoms with Crippen LogP contribution in [-0.4, -0.2) is 33.2 Å². The van der Waals surface area contributed by atoms with E-state index in [-0.39, 0.29) is 6.42 Å². The predicted octanol–water partition coefficient (Wildman–Crippen LogP) is 2.13. The first-order chi connectivity index (χ1) is 11.5. The third-order valence-electron chi connectivity index (χ3n) is 3.66. The second kappa shape index (κ2) is 6.49. The van der Waals surface area contributed by atoms with Crippen molar-refractivity contribution in [1.82, 2.24) is 15.5 Å². The Morgan fingerprint density at radius 3 is 2.67 bits per heavy atom. The molecule has 122 valence electrons. The molecule has 2 aromatic carbocycles. The van der Waals surface area contributed by atoms with Gasteiger partial charge < -0.3 is 10.4 Å². The Kier molecular flexibility index (Phi) is 4.24. The number of carboxylic acid groups (broad SMARTS) is 1. The summed E-state index contributed by atoms with van der Waals surface area (Å²) in [4.78, 5) is 23.7. The van der Waals surface area contributed by atoms with Gasteiger partial charge in [-0.15, -0.1) is 0 Å². The number of hydrogen-bond donors (Lipinski definition) is 3. The number of carbonyl (C=O) groups excluding carboxylic acids is 1. The predicted molar refractivity (Wildman–Crippen MR) is 85.1 cm³/mol. The van der Waals surface area contributed by atoms with Gasteiger partial charge in [0, 0.05) is 17.4 Å². The van der Waals surface area contributed by atoms with Crippen LogP contribution in [0.4, 0.5) is 4.39 Å². The molecular formula is C17H14FN3O3. The Balaban J connectivity index is 1.75. The Morgan fingerprint density at radius 1 is 1.21 bits per heavy atom. The third kappa shape index (κ3) is 3.40. The third-order valence-corrected chi connectivity index (χ3v) is 3.66. The number of carboxylic acids is 1. The first-order valence-corrected chi connectivity index (χ1v) is 7.24. The number of nitrogens with one attached hydrogen (secondary N) is 2. The maximum atomic E-state index is 12.9. The number of nitrogens with zero attached hydrogens (tertiary/aromatic N) is 1. The maximum Gasteiger partial charge on any atom is 0.326 e. The van der Waals surface area contributed by atoms with E-state index in [0.29, 0.717) is 11.1 Å². The molecule has 6 nitrogen and oxygen atoms in total. The van der Waals surface area contributed by atoms with E-state index < -0.39 is 23.7 Å². The molecule has 3 N–H and O–H groups in total. The number of benzene rings is 2. The first kappa shape index (κ1) is 15.7. The standard InChI is InChI=1S/C17H14FN3O3/c18-13-4-1-10(2-5-13)7-15(17(23)24)20-16(22)11-3-6-14-12(8-11)9-19-21-14/h1-6,8-9,15H,7H2,(H,19,21)(H,20,22)(H,23,24)/t15-/m0/s1. The molecule has 0 saturated carbocycles. The zero-order chi connectivity index (χ0) is 17.1. The number of amides is 1. The Morgan fingerprint density at radius 2 is 1.96 bits per heavy atom. The number of aliphatic carboxylic acids is 1. The van der Waals surface area contributed by atoms with Crippen LogP contribution in [0.25, 0.3) is 10.9 Å². The highest BCUT2D eigenvalue weighted by atomic mass is 19.1. The molecule has 0 aliphatic heterocycles. The van der Waals surface area contributed by atoms with E-state index in [9.17, 15) is 19.1 Å². The van der Waals surface area contributed by atoms with Gasteiger partial charge in [0.05, 0.1) is 11.7 Å². The lowest BCUT2D eigenvalue weighted by Crippen LogP contribution is -2.42. The minimum Gasteiger partial charge on any atom is -0.480 e. The summed E-state index contributed by atoms with van der Waals surface area (Å²) in [6.45, 7) is 0. The summed E-state index contributed by atoms with van der Waals surface area (Å²) in [6.07, 6.45) is 1.65. The van der Waals surface area contributed by atoms with E-state index in [4.69, 9.17) is 0 Å². The van der Waals surface area contributed by atoms with Crippen LogP contribution < -0.4 is 5.32 Å². The summed E-state index contributed by atoms with van der Waals surface area (Å²) in [7, 11) is 0. The number of aromatic amines is 1. The molecule has 24 heavy (non-hydrogen) atoms. The van der Waals surface area contributed by atoms with E-state index in [2.05, 4.69) is 15.5 Å². The Bertz CT molecular complexity index is 889. The van der Waals surface area contributed by atoms with Crippen LogP contribution in [0.1, 0.15) is 15.9 Å². The highest BCUT2D eigenvalue weighted by Crippen LogP contribution is 2.13. The van der Waals surface area contributed by atoms with Crippen molar-refractivity contribution >= 4 is 22.8 Å². The molecule has 0 unspecified atom stereocenters. The number of carbonyl (C=O) groups is 2. The van der Waals surface area contributed by atoms with Crippen LogP contribution in [0.3, 0.4) is 0 Å².